The molecule has 4 aliphatic heterocycles. The number of allylic oxidation sites excluding steroid dienone is 1. The van der Waals surface area contributed by atoms with Crippen LogP contribution in [0.15, 0.2) is 42.9 Å². The Kier molecular flexibility index (Phi) is 6.65. The van der Waals surface area contributed by atoms with Crippen LogP contribution in [0, 0.1) is 0 Å². The fraction of sp³-hybridized carbons (Fsp3) is 0.500. The van der Waals surface area contributed by atoms with E-state index in [-0.39, 0.29) is 11.8 Å². The Morgan fingerprint density at radius 1 is 1.03 bits per heavy atom. The molecule has 1 aromatic heterocycles. The number of likely N-dealkylation sites (tertiary alicyclic amines) is 1. The molecule has 5 heterocycles. The van der Waals surface area contributed by atoms with Crippen LogP contribution in [0.5, 0.6) is 0 Å². The maximum absolute atomic E-state index is 13.0. The van der Waals surface area contributed by atoms with E-state index < -0.39 is 6.04 Å². The summed E-state index contributed by atoms with van der Waals surface area (Å²) in [7, 11) is 0. The Hall–Kier alpha value is -3.30. The monoisotopic (exact) mass is 502 g/mol. The summed E-state index contributed by atoms with van der Waals surface area (Å²) in [4.78, 5) is 41.1. The average Bonchev–Trinajstić information content (AvgIpc) is 3.25. The number of amides is 2. The highest BCUT2D eigenvalue weighted by Gasteiger charge is 2.38. The van der Waals surface area contributed by atoms with Crippen molar-refractivity contribution < 1.29 is 14.3 Å². The lowest BCUT2D eigenvalue weighted by molar-refractivity contribution is -0.126. The van der Waals surface area contributed by atoms with Gasteiger partial charge in [0.1, 0.15) is 6.04 Å². The molecule has 1 N–H and O–H groups in total. The van der Waals surface area contributed by atoms with E-state index in [1.54, 1.807) is 4.90 Å². The minimum atomic E-state index is -0.413. The molecule has 0 spiro atoms. The van der Waals surface area contributed by atoms with Gasteiger partial charge >= 0.3 is 0 Å². The van der Waals surface area contributed by atoms with Gasteiger partial charge in [0, 0.05) is 55.4 Å². The van der Waals surface area contributed by atoms with E-state index in [2.05, 4.69) is 43.8 Å². The minimum absolute atomic E-state index is 0.0362. The Balaban J connectivity index is 1.04. The van der Waals surface area contributed by atoms with Gasteiger partial charge in [-0.3, -0.25) is 14.5 Å². The quantitative estimate of drug-likeness (QED) is 0.672. The number of aromatic nitrogens is 2. The molecule has 3 fully saturated rings. The molecule has 194 valence electrons. The molecule has 9 heteroatoms. The molecular weight excluding hydrogens is 468 g/mol. The third kappa shape index (κ3) is 4.98. The Morgan fingerprint density at radius 3 is 2.51 bits per heavy atom. The molecule has 37 heavy (non-hydrogen) atoms. The first-order chi connectivity index (χ1) is 18.0. The van der Waals surface area contributed by atoms with Gasteiger partial charge in [-0.1, -0.05) is 18.7 Å². The smallest absolute Gasteiger partial charge is 0.255 e. The molecule has 0 aliphatic carbocycles. The first kappa shape index (κ1) is 24.1. The number of carbonyl (C=O) groups is 2. The minimum Gasteiger partial charge on any atom is -0.378 e. The normalized spacial score (nSPS) is 23.4. The molecule has 4 aliphatic rings. The lowest BCUT2D eigenvalue weighted by Gasteiger charge is -2.32. The first-order valence-electron chi connectivity index (χ1n) is 13.3. The topological polar surface area (TPSA) is 90.9 Å². The van der Waals surface area contributed by atoms with Crippen molar-refractivity contribution in [2.45, 2.75) is 50.7 Å². The predicted molar refractivity (Wildman–Crippen MR) is 139 cm³/mol. The Bertz CT molecular complexity index is 1180. The van der Waals surface area contributed by atoms with Gasteiger partial charge in [0.25, 0.3) is 5.91 Å². The third-order valence-corrected chi connectivity index (χ3v) is 8.11. The SMILES string of the molecule is C=C1CCC(N2Cc3cc(C4CCN(Cc5cnc(N6CCOCC6)nc5)CC4)ccc3C2=O)C(=O)N1. The highest BCUT2D eigenvalue weighted by molar-refractivity contribution is 6.01. The van der Waals surface area contributed by atoms with E-state index in [4.69, 9.17) is 4.74 Å². The van der Waals surface area contributed by atoms with E-state index in [0.717, 1.165) is 87.1 Å². The number of anilines is 1. The summed E-state index contributed by atoms with van der Waals surface area (Å²) < 4.78 is 5.41. The standard InChI is InChI=1S/C28H34N6O3/c1-19-2-5-25(26(35)31-19)34-18-23-14-22(3-4-24(23)27(34)36)21-6-8-32(9-7-21)17-20-15-29-28(30-16-20)33-10-12-37-13-11-33/h3-4,14-16,21,25H,1-2,5-13,17-18H2,(H,31,35). The first-order valence-corrected chi connectivity index (χ1v) is 13.3. The molecule has 0 bridgehead atoms. The lowest BCUT2D eigenvalue weighted by Crippen LogP contribution is -2.49. The Morgan fingerprint density at radius 2 is 1.78 bits per heavy atom. The molecule has 1 aromatic carbocycles. The highest BCUT2D eigenvalue weighted by atomic mass is 16.5. The average molecular weight is 503 g/mol. The van der Waals surface area contributed by atoms with Crippen LogP contribution in [-0.2, 0) is 22.6 Å². The van der Waals surface area contributed by atoms with Crippen LogP contribution in [0.4, 0.5) is 5.95 Å². The molecule has 0 radical (unpaired) electrons. The zero-order valence-electron chi connectivity index (χ0n) is 21.2. The summed E-state index contributed by atoms with van der Waals surface area (Å²) in [5, 5.41) is 2.81. The van der Waals surface area contributed by atoms with Crippen molar-refractivity contribution >= 4 is 17.8 Å². The van der Waals surface area contributed by atoms with Gasteiger partial charge in [0.05, 0.1) is 13.2 Å². The second-order valence-corrected chi connectivity index (χ2v) is 10.5. The number of carbonyl (C=O) groups excluding carboxylic acids is 2. The van der Waals surface area contributed by atoms with Gasteiger partial charge in [0.15, 0.2) is 0 Å². The number of ether oxygens (including phenoxy) is 1. The van der Waals surface area contributed by atoms with E-state index in [1.807, 2.05) is 18.5 Å². The Labute approximate surface area is 217 Å². The summed E-state index contributed by atoms with van der Waals surface area (Å²) in [6, 6.07) is 5.86. The molecule has 2 amide bonds. The van der Waals surface area contributed by atoms with Gasteiger partial charge in [-0.05, 0) is 61.9 Å². The van der Waals surface area contributed by atoms with Gasteiger partial charge in [0.2, 0.25) is 11.9 Å². The van der Waals surface area contributed by atoms with Crippen LogP contribution in [-0.4, -0.2) is 77.0 Å². The number of rotatable bonds is 5. The number of hydrogen-bond donors (Lipinski definition) is 1. The van der Waals surface area contributed by atoms with Gasteiger partial charge in [-0.25, -0.2) is 9.97 Å². The van der Waals surface area contributed by atoms with Crippen LogP contribution < -0.4 is 10.2 Å². The zero-order valence-corrected chi connectivity index (χ0v) is 21.2. The maximum Gasteiger partial charge on any atom is 0.255 e. The van der Waals surface area contributed by atoms with E-state index in [9.17, 15) is 9.59 Å². The maximum atomic E-state index is 13.0. The fourth-order valence-electron chi connectivity index (χ4n) is 5.97. The molecule has 0 saturated carbocycles. The third-order valence-electron chi connectivity index (χ3n) is 8.11. The zero-order chi connectivity index (χ0) is 25.4. The van der Waals surface area contributed by atoms with Crippen LogP contribution in [0.25, 0.3) is 0 Å². The summed E-state index contributed by atoms with van der Waals surface area (Å²) >= 11 is 0. The van der Waals surface area contributed by atoms with Crippen molar-refractivity contribution in [3.05, 3.63) is 65.1 Å². The van der Waals surface area contributed by atoms with Crippen molar-refractivity contribution in [1.29, 1.82) is 0 Å². The van der Waals surface area contributed by atoms with Gasteiger partial charge in [-0.2, -0.15) is 0 Å². The predicted octanol–water partition coefficient (Wildman–Crippen LogP) is 2.44. The van der Waals surface area contributed by atoms with Crippen molar-refractivity contribution in [2.75, 3.05) is 44.3 Å². The highest BCUT2D eigenvalue weighted by Crippen LogP contribution is 2.34. The molecule has 6 rings (SSSR count). The number of fused-ring (bicyclic) bond motifs is 1. The number of benzene rings is 1. The van der Waals surface area contributed by atoms with Crippen LogP contribution in [0.1, 0.15) is 58.6 Å². The molecule has 1 atom stereocenters. The number of piperidine rings is 2. The number of nitrogens with zero attached hydrogens (tertiary/aromatic N) is 5. The van der Waals surface area contributed by atoms with Crippen LogP contribution in [0.3, 0.4) is 0 Å². The number of nitrogens with one attached hydrogen (secondary N) is 1. The van der Waals surface area contributed by atoms with Crippen LogP contribution in [0.2, 0.25) is 0 Å². The largest absolute Gasteiger partial charge is 0.378 e. The molecule has 1 unspecified atom stereocenters. The van der Waals surface area contributed by atoms with E-state index >= 15 is 0 Å². The molecule has 2 aromatic rings. The number of morpholine rings is 1. The number of hydrogen-bond acceptors (Lipinski definition) is 7. The molecule has 3 saturated heterocycles. The van der Waals surface area contributed by atoms with E-state index in [1.165, 1.54) is 5.56 Å². The second kappa shape index (κ2) is 10.2. The summed E-state index contributed by atoms with van der Waals surface area (Å²) in [5.41, 5.74) is 4.95. The van der Waals surface area contributed by atoms with Crippen molar-refractivity contribution in [3.63, 3.8) is 0 Å². The lowest BCUT2D eigenvalue weighted by atomic mass is 9.88. The van der Waals surface area contributed by atoms with Crippen molar-refractivity contribution in [2.24, 2.45) is 0 Å². The fourth-order valence-corrected chi connectivity index (χ4v) is 5.97. The van der Waals surface area contributed by atoms with E-state index in [0.29, 0.717) is 25.3 Å². The summed E-state index contributed by atoms with van der Waals surface area (Å²) in [6.45, 7) is 10.4. The summed E-state index contributed by atoms with van der Waals surface area (Å²) in [6.07, 6.45) is 7.42. The van der Waals surface area contributed by atoms with Crippen LogP contribution >= 0.6 is 0 Å². The van der Waals surface area contributed by atoms with Crippen molar-refractivity contribution in [1.82, 2.24) is 25.1 Å². The van der Waals surface area contributed by atoms with Gasteiger partial charge in [-0.15, -0.1) is 0 Å². The molecule has 9 nitrogen and oxygen atoms in total. The molecular formula is C28H34N6O3. The van der Waals surface area contributed by atoms with Gasteiger partial charge < -0.3 is 19.9 Å². The summed E-state index contributed by atoms with van der Waals surface area (Å²) in [5.74, 6) is 1.11. The second-order valence-electron chi connectivity index (χ2n) is 10.5. The van der Waals surface area contributed by atoms with Crippen molar-refractivity contribution in [3.8, 4) is 0 Å².